The number of hydrogen-bond acceptors (Lipinski definition) is 8. The lowest BCUT2D eigenvalue weighted by molar-refractivity contribution is -0.0743. The number of aromatic nitrogens is 1. The van der Waals surface area contributed by atoms with Gasteiger partial charge in [-0.05, 0) is 53.8 Å². The fourth-order valence-electron chi connectivity index (χ4n) is 4.90. The molecule has 2 unspecified atom stereocenters. The van der Waals surface area contributed by atoms with Gasteiger partial charge < -0.3 is 29.2 Å². The molecule has 198 valence electrons. The zero-order chi connectivity index (χ0) is 26.8. The number of thiazole rings is 1. The number of carbonyl (C=O) groups is 1. The first-order chi connectivity index (χ1) is 18.4. The number of aliphatic hydroxyl groups is 1. The largest absolute Gasteiger partial charge is 0.497 e. The summed E-state index contributed by atoms with van der Waals surface area (Å²) in [4.78, 5) is 16.5. The summed E-state index contributed by atoms with van der Waals surface area (Å²) in [6.07, 6.45) is 0.0183. The Morgan fingerprint density at radius 3 is 2.16 bits per heavy atom. The van der Waals surface area contributed by atoms with Crippen molar-refractivity contribution in [3.8, 4) is 17.2 Å². The Morgan fingerprint density at radius 2 is 1.58 bits per heavy atom. The van der Waals surface area contributed by atoms with Crippen LogP contribution in [0.15, 0.2) is 54.6 Å². The van der Waals surface area contributed by atoms with E-state index < -0.39 is 18.2 Å². The summed E-state index contributed by atoms with van der Waals surface area (Å²) in [6, 6.07) is 16.8. The topological polar surface area (TPSA) is 107 Å². The highest BCUT2D eigenvalue weighted by Gasteiger charge is 2.31. The second-order valence-electron chi connectivity index (χ2n) is 9.20. The van der Waals surface area contributed by atoms with Gasteiger partial charge in [0, 0.05) is 12.5 Å². The van der Waals surface area contributed by atoms with Gasteiger partial charge in [0.05, 0.1) is 54.3 Å². The van der Waals surface area contributed by atoms with Crippen molar-refractivity contribution in [3.63, 3.8) is 0 Å². The molecular formula is C29H29NO7S. The molecule has 0 radical (unpaired) electrons. The fraction of sp³-hybridized carbons (Fsp3) is 0.310. The van der Waals surface area contributed by atoms with Crippen LogP contribution >= 0.6 is 11.3 Å². The van der Waals surface area contributed by atoms with Gasteiger partial charge in [-0.3, -0.25) is 0 Å². The van der Waals surface area contributed by atoms with Crippen LogP contribution in [0.1, 0.15) is 38.2 Å². The number of carboxylic acids is 1. The quantitative estimate of drug-likeness (QED) is 0.297. The second-order valence-corrected chi connectivity index (χ2v) is 10.3. The third-order valence-electron chi connectivity index (χ3n) is 6.80. The van der Waals surface area contributed by atoms with Crippen molar-refractivity contribution in [3.05, 3.63) is 81.9 Å². The van der Waals surface area contributed by atoms with E-state index >= 15 is 0 Å². The standard InChI is InChI=1S/C29H29NO7S/c1-34-19-10-18(11-20(12-19)35-2)28(31)24(37-22-8-16-6-4-5-7-17(16)9-22)15-26-30-27-23(29(32)33)13-21(36-3)14-25(27)38-26/h4-7,10-14,22,24,28,31H,8-9,15H2,1-3H3,(H,32,33). The van der Waals surface area contributed by atoms with Gasteiger partial charge in [0.15, 0.2) is 0 Å². The zero-order valence-electron chi connectivity index (χ0n) is 21.3. The minimum Gasteiger partial charge on any atom is -0.497 e. The number of fused-ring (bicyclic) bond motifs is 2. The highest BCUT2D eigenvalue weighted by atomic mass is 32.1. The molecule has 9 heteroatoms. The van der Waals surface area contributed by atoms with Crippen LogP contribution in [-0.4, -0.2) is 54.7 Å². The highest BCUT2D eigenvalue weighted by molar-refractivity contribution is 7.18. The molecular weight excluding hydrogens is 506 g/mol. The number of benzene rings is 3. The zero-order valence-corrected chi connectivity index (χ0v) is 22.2. The van der Waals surface area contributed by atoms with Crippen LogP contribution in [-0.2, 0) is 24.0 Å². The number of rotatable bonds is 10. The van der Waals surface area contributed by atoms with E-state index in [4.69, 9.17) is 18.9 Å². The Labute approximate surface area is 224 Å². The maximum Gasteiger partial charge on any atom is 0.338 e. The van der Waals surface area contributed by atoms with Gasteiger partial charge in [0.1, 0.15) is 23.4 Å². The molecule has 8 nitrogen and oxygen atoms in total. The first-order valence-electron chi connectivity index (χ1n) is 12.2. The third kappa shape index (κ3) is 5.31. The van der Waals surface area contributed by atoms with Crippen LogP contribution in [0.5, 0.6) is 17.2 Å². The summed E-state index contributed by atoms with van der Waals surface area (Å²) in [6.45, 7) is 0. The summed E-state index contributed by atoms with van der Waals surface area (Å²) in [5.74, 6) is 0.489. The second kappa shape index (κ2) is 11.0. The van der Waals surface area contributed by atoms with Gasteiger partial charge in [-0.25, -0.2) is 9.78 Å². The first kappa shape index (κ1) is 26.0. The minimum atomic E-state index is -1.08. The molecule has 0 aliphatic heterocycles. The minimum absolute atomic E-state index is 0.0728. The molecule has 0 saturated heterocycles. The number of carboxylic acid groups (broad SMARTS) is 1. The van der Waals surface area contributed by atoms with Crippen LogP contribution in [0.3, 0.4) is 0 Å². The average molecular weight is 536 g/mol. The molecule has 38 heavy (non-hydrogen) atoms. The SMILES string of the molecule is COc1cc(OC)cc(C(O)C(Cc2nc3c(C(=O)O)cc(OC)cc3s2)OC2Cc3ccccc3C2)c1. The molecule has 1 aromatic heterocycles. The number of methoxy groups -OCH3 is 3. The van der Waals surface area contributed by atoms with E-state index in [1.165, 1.54) is 35.6 Å². The molecule has 0 amide bonds. The van der Waals surface area contributed by atoms with Crippen molar-refractivity contribution in [2.45, 2.75) is 37.6 Å². The molecule has 4 aromatic rings. The Bertz CT molecular complexity index is 1420. The van der Waals surface area contributed by atoms with Gasteiger partial charge in [-0.1, -0.05) is 24.3 Å². The van der Waals surface area contributed by atoms with E-state index in [2.05, 4.69) is 17.1 Å². The van der Waals surface area contributed by atoms with Crippen molar-refractivity contribution in [2.24, 2.45) is 0 Å². The van der Waals surface area contributed by atoms with Gasteiger partial charge in [0.25, 0.3) is 0 Å². The molecule has 3 aromatic carbocycles. The lowest BCUT2D eigenvalue weighted by Gasteiger charge is -2.27. The summed E-state index contributed by atoms with van der Waals surface area (Å²) >= 11 is 1.36. The summed E-state index contributed by atoms with van der Waals surface area (Å²) in [5.41, 5.74) is 3.54. The third-order valence-corrected chi connectivity index (χ3v) is 7.83. The molecule has 5 rings (SSSR count). The van der Waals surface area contributed by atoms with Crippen LogP contribution in [0.25, 0.3) is 10.2 Å². The monoisotopic (exact) mass is 535 g/mol. The van der Waals surface area contributed by atoms with E-state index in [0.717, 1.165) is 12.8 Å². The fourth-order valence-corrected chi connectivity index (χ4v) is 5.97. The normalized spacial score (nSPS) is 14.7. The lowest BCUT2D eigenvalue weighted by Crippen LogP contribution is -2.30. The van der Waals surface area contributed by atoms with Gasteiger partial charge in [-0.2, -0.15) is 0 Å². The smallest absolute Gasteiger partial charge is 0.338 e. The molecule has 0 bridgehead atoms. The molecule has 0 spiro atoms. The molecule has 0 saturated carbocycles. The van der Waals surface area contributed by atoms with E-state index in [1.807, 2.05) is 12.1 Å². The predicted molar refractivity (Wildman–Crippen MR) is 144 cm³/mol. The lowest BCUT2D eigenvalue weighted by atomic mass is 10.0. The number of ether oxygens (including phenoxy) is 4. The number of aliphatic hydroxyl groups excluding tert-OH is 1. The number of hydrogen-bond donors (Lipinski definition) is 2. The van der Waals surface area contributed by atoms with Gasteiger partial charge >= 0.3 is 5.97 Å². The maximum absolute atomic E-state index is 11.9. The van der Waals surface area contributed by atoms with Gasteiger partial charge in [0.2, 0.25) is 0 Å². The number of aromatic carboxylic acids is 1. The van der Waals surface area contributed by atoms with Crippen molar-refractivity contribution in [2.75, 3.05) is 21.3 Å². The Morgan fingerprint density at radius 1 is 0.974 bits per heavy atom. The molecule has 1 heterocycles. The summed E-state index contributed by atoms with van der Waals surface area (Å²) < 4.78 is 23.4. The summed E-state index contributed by atoms with van der Waals surface area (Å²) in [5, 5.41) is 22.0. The van der Waals surface area contributed by atoms with Crippen LogP contribution < -0.4 is 14.2 Å². The van der Waals surface area contributed by atoms with E-state index in [-0.39, 0.29) is 18.1 Å². The van der Waals surface area contributed by atoms with Crippen LogP contribution in [0.2, 0.25) is 0 Å². The molecule has 2 atom stereocenters. The van der Waals surface area contributed by atoms with E-state index in [1.54, 1.807) is 38.5 Å². The highest BCUT2D eigenvalue weighted by Crippen LogP contribution is 2.35. The molecule has 1 aliphatic rings. The maximum atomic E-state index is 11.9. The van der Waals surface area contributed by atoms with Crippen molar-refractivity contribution in [1.82, 2.24) is 4.98 Å². The molecule has 1 aliphatic carbocycles. The van der Waals surface area contributed by atoms with E-state index in [9.17, 15) is 15.0 Å². The molecule has 2 N–H and O–H groups in total. The van der Waals surface area contributed by atoms with Crippen molar-refractivity contribution < 1.29 is 34.0 Å². The summed E-state index contributed by atoms with van der Waals surface area (Å²) in [7, 11) is 4.62. The van der Waals surface area contributed by atoms with Crippen molar-refractivity contribution >= 4 is 27.5 Å². The predicted octanol–water partition coefficient (Wildman–Crippen LogP) is 4.85. The first-order valence-corrected chi connectivity index (χ1v) is 13.0. The van der Waals surface area contributed by atoms with Gasteiger partial charge in [-0.15, -0.1) is 11.3 Å². The van der Waals surface area contributed by atoms with Crippen LogP contribution in [0.4, 0.5) is 0 Å². The number of nitrogens with zero attached hydrogens (tertiary/aromatic N) is 1. The van der Waals surface area contributed by atoms with E-state index in [0.29, 0.717) is 38.0 Å². The molecule has 0 fully saturated rings. The average Bonchev–Trinajstić information content (AvgIpc) is 3.54. The van der Waals surface area contributed by atoms with Crippen molar-refractivity contribution in [1.29, 1.82) is 0 Å². The Kier molecular flexibility index (Phi) is 7.51. The Hall–Kier alpha value is -3.66. The van der Waals surface area contributed by atoms with Crippen LogP contribution in [0, 0.1) is 0 Å². The Balaban J connectivity index is 1.49.